The van der Waals surface area contributed by atoms with Gasteiger partial charge in [0.15, 0.2) is 0 Å². The molecule has 3 aromatic carbocycles. The van der Waals surface area contributed by atoms with Crippen LogP contribution in [-0.2, 0) is 12.0 Å². The first kappa shape index (κ1) is 19.6. The molecule has 6 heteroatoms. The molecule has 0 aliphatic heterocycles. The molecule has 0 aliphatic rings. The van der Waals surface area contributed by atoms with Crippen LogP contribution >= 0.6 is 0 Å². The van der Waals surface area contributed by atoms with E-state index in [2.05, 4.69) is 55.4 Å². The average Bonchev–Trinajstić information content (AvgIpc) is 3.42. The molecule has 2 N–H and O–H groups in total. The van der Waals surface area contributed by atoms with Crippen molar-refractivity contribution in [2.24, 2.45) is 0 Å². The van der Waals surface area contributed by atoms with Gasteiger partial charge >= 0.3 is 11.7 Å². The molecule has 0 bridgehead atoms. The van der Waals surface area contributed by atoms with Crippen molar-refractivity contribution in [3.05, 3.63) is 142 Å². The zero-order chi connectivity index (χ0) is 22.0. The molecule has 6 nitrogen and oxygen atoms in total. The second-order valence-corrected chi connectivity index (χ2v) is 7.56. The molecule has 0 radical (unpaired) electrons. The topological polar surface area (TPSA) is 84.0 Å². The Kier molecular flexibility index (Phi) is 4.95. The van der Waals surface area contributed by atoms with Gasteiger partial charge in [-0.2, -0.15) is 0 Å². The van der Waals surface area contributed by atoms with Crippen LogP contribution < -0.4 is 5.76 Å². The zero-order valence-electron chi connectivity index (χ0n) is 17.2. The average molecular weight is 423 g/mol. The maximum Gasteiger partial charge on any atom is 0.419 e. The summed E-state index contributed by atoms with van der Waals surface area (Å²) in [6.45, 7) is 0. The monoisotopic (exact) mass is 423 g/mol. The lowest BCUT2D eigenvalue weighted by atomic mass is 9.77. The molecular weight excluding hydrogens is 402 g/mol. The van der Waals surface area contributed by atoms with Gasteiger partial charge in [-0.1, -0.05) is 91.0 Å². The first-order chi connectivity index (χ1) is 15.7. The maximum atomic E-state index is 11.4. The molecule has 32 heavy (non-hydrogen) atoms. The fourth-order valence-electron chi connectivity index (χ4n) is 4.28. The molecule has 0 saturated carbocycles. The third kappa shape index (κ3) is 3.32. The molecule has 0 aliphatic carbocycles. The van der Waals surface area contributed by atoms with Gasteiger partial charge in [0.25, 0.3) is 0 Å². The molecule has 158 valence electrons. The van der Waals surface area contributed by atoms with Gasteiger partial charge in [-0.15, -0.1) is 0 Å². The van der Waals surface area contributed by atoms with Gasteiger partial charge in [0.05, 0.1) is 12.0 Å². The van der Waals surface area contributed by atoms with Crippen molar-refractivity contribution in [2.45, 2.75) is 12.0 Å². The van der Waals surface area contributed by atoms with Crippen LogP contribution in [0, 0.1) is 0 Å². The highest BCUT2D eigenvalue weighted by Crippen LogP contribution is 2.40. The minimum Gasteiger partial charge on any atom is -0.479 e. The van der Waals surface area contributed by atoms with Gasteiger partial charge in [-0.25, -0.2) is 9.78 Å². The Hall–Kier alpha value is -4.32. The highest BCUT2D eigenvalue weighted by molar-refractivity contribution is 5.50. The van der Waals surface area contributed by atoms with Crippen molar-refractivity contribution >= 4 is 0 Å². The number of aromatic amines is 1. The van der Waals surface area contributed by atoms with Crippen LogP contribution in [0.1, 0.15) is 28.1 Å². The number of benzene rings is 3. The van der Waals surface area contributed by atoms with Crippen LogP contribution in [0.2, 0.25) is 0 Å². The highest BCUT2D eigenvalue weighted by atomic mass is 16.5. The van der Waals surface area contributed by atoms with Gasteiger partial charge in [0, 0.05) is 12.6 Å². The van der Waals surface area contributed by atoms with E-state index < -0.39 is 17.2 Å². The first-order valence-corrected chi connectivity index (χ1v) is 10.3. The van der Waals surface area contributed by atoms with Crippen LogP contribution in [0.5, 0.6) is 5.95 Å². The van der Waals surface area contributed by atoms with Crippen LogP contribution in [0.3, 0.4) is 0 Å². The van der Waals surface area contributed by atoms with Crippen molar-refractivity contribution in [1.82, 2.24) is 14.5 Å². The molecule has 0 atom stereocenters. The Balaban J connectivity index is 1.73. The number of hydrogen-bond acceptors (Lipinski definition) is 4. The van der Waals surface area contributed by atoms with E-state index >= 15 is 0 Å². The quantitative estimate of drug-likeness (QED) is 0.399. The number of oxazole rings is 1. The van der Waals surface area contributed by atoms with E-state index in [9.17, 15) is 9.90 Å². The van der Waals surface area contributed by atoms with Crippen molar-refractivity contribution in [3.8, 4) is 5.95 Å². The normalized spacial score (nSPS) is 11.5. The number of aromatic nitrogens is 3. The van der Waals surface area contributed by atoms with E-state index in [1.165, 1.54) is 0 Å². The molecule has 0 spiro atoms. The fraction of sp³-hybridized carbons (Fsp3) is 0.0769. The molecule has 0 saturated heterocycles. The van der Waals surface area contributed by atoms with E-state index in [1.54, 1.807) is 6.33 Å². The number of H-pyrrole nitrogens is 1. The lowest BCUT2D eigenvalue weighted by molar-refractivity contribution is 0.316. The molecule has 5 aromatic rings. The van der Waals surface area contributed by atoms with Crippen molar-refractivity contribution < 1.29 is 9.52 Å². The number of nitrogens with zero attached hydrogens (tertiary/aromatic N) is 2. The summed E-state index contributed by atoms with van der Waals surface area (Å²) in [5, 5.41) is 9.86. The summed E-state index contributed by atoms with van der Waals surface area (Å²) >= 11 is 0. The van der Waals surface area contributed by atoms with E-state index in [1.807, 2.05) is 60.8 Å². The van der Waals surface area contributed by atoms with Crippen LogP contribution in [-0.4, -0.2) is 19.6 Å². The summed E-state index contributed by atoms with van der Waals surface area (Å²) in [5.41, 5.74) is 3.57. The summed E-state index contributed by atoms with van der Waals surface area (Å²) in [6.07, 6.45) is 3.97. The van der Waals surface area contributed by atoms with Crippen molar-refractivity contribution in [3.63, 3.8) is 0 Å². The Morgan fingerprint density at radius 1 is 0.844 bits per heavy atom. The van der Waals surface area contributed by atoms with Crippen LogP contribution in [0.4, 0.5) is 0 Å². The minimum absolute atomic E-state index is 0.235. The van der Waals surface area contributed by atoms with E-state index in [0.29, 0.717) is 11.4 Å². The summed E-state index contributed by atoms with van der Waals surface area (Å²) in [5.74, 6) is -1.10. The number of hydrogen-bond donors (Lipinski definition) is 2. The van der Waals surface area contributed by atoms with Gasteiger partial charge in [0.1, 0.15) is 11.2 Å². The summed E-state index contributed by atoms with van der Waals surface area (Å²) in [7, 11) is 0. The van der Waals surface area contributed by atoms with E-state index in [0.717, 1.165) is 16.7 Å². The summed E-state index contributed by atoms with van der Waals surface area (Å²) in [4.78, 5) is 18.5. The Labute approximate surface area is 184 Å². The minimum atomic E-state index is -0.691. The molecule has 0 fully saturated rings. The molecule has 5 rings (SSSR count). The number of nitrogens with one attached hydrogen (secondary N) is 1. The number of rotatable bonds is 6. The van der Waals surface area contributed by atoms with Crippen LogP contribution in [0.15, 0.2) is 113 Å². The molecular formula is C26H21N3O3. The first-order valence-electron chi connectivity index (χ1n) is 10.3. The van der Waals surface area contributed by atoms with Crippen molar-refractivity contribution in [2.75, 3.05) is 0 Å². The second kappa shape index (κ2) is 8.07. The van der Waals surface area contributed by atoms with Gasteiger partial charge in [0.2, 0.25) is 0 Å². The van der Waals surface area contributed by atoms with Crippen molar-refractivity contribution in [1.29, 1.82) is 0 Å². The smallest absolute Gasteiger partial charge is 0.419 e. The van der Waals surface area contributed by atoms with Crippen LogP contribution in [0.25, 0.3) is 0 Å². The summed E-state index contributed by atoms with van der Waals surface area (Å²) < 4.78 is 6.76. The third-order valence-corrected chi connectivity index (χ3v) is 5.66. The maximum absolute atomic E-state index is 11.4. The van der Waals surface area contributed by atoms with Gasteiger partial charge in [-0.3, -0.25) is 4.98 Å². The van der Waals surface area contributed by atoms with Gasteiger partial charge in [-0.05, 0) is 16.7 Å². The second-order valence-electron chi connectivity index (χ2n) is 7.56. The Morgan fingerprint density at radius 3 is 1.78 bits per heavy atom. The summed E-state index contributed by atoms with van der Waals surface area (Å²) in [6, 6.07) is 30.8. The lowest BCUT2D eigenvalue weighted by Crippen LogP contribution is -2.36. The lowest BCUT2D eigenvalue weighted by Gasteiger charge is -2.37. The molecule has 2 aromatic heterocycles. The zero-order valence-corrected chi connectivity index (χ0v) is 17.2. The van der Waals surface area contributed by atoms with Gasteiger partial charge < -0.3 is 14.1 Å². The highest BCUT2D eigenvalue weighted by Gasteiger charge is 2.38. The van der Waals surface area contributed by atoms with E-state index in [4.69, 9.17) is 0 Å². The molecule has 2 heterocycles. The Morgan fingerprint density at radius 2 is 1.34 bits per heavy atom. The largest absolute Gasteiger partial charge is 0.479 e. The third-order valence-electron chi connectivity index (χ3n) is 5.66. The Bertz CT molecular complexity index is 1270. The standard InChI is InChI=1S/C26H21N3O3/c30-24-23(28-25(31)32-24)16-22-17-29(18-27-22)26(19-10-4-1-5-11-19,20-12-6-2-7-13-20)21-14-8-3-9-15-21/h1-15,17-18,30H,16H2,(H,28,31). The molecule has 0 unspecified atom stereocenters. The predicted molar refractivity (Wildman–Crippen MR) is 121 cm³/mol. The van der Waals surface area contributed by atoms with E-state index in [-0.39, 0.29) is 6.42 Å². The fourth-order valence-corrected chi connectivity index (χ4v) is 4.28. The predicted octanol–water partition coefficient (Wildman–Crippen LogP) is 4.30. The number of aromatic hydroxyl groups is 1. The molecule has 0 amide bonds. The number of imidazole rings is 1. The SMILES string of the molecule is O=c1[nH]c(Cc2cn(C(c3ccccc3)(c3ccccc3)c3ccccc3)cn2)c(O)o1.